The number of unbranched alkanes of at least 4 members (excludes halogenated alkanes) is 13. The van der Waals surface area contributed by atoms with Crippen molar-refractivity contribution in [2.75, 3.05) is 33.5 Å². The van der Waals surface area contributed by atoms with E-state index in [1.165, 1.54) is 83.5 Å². The monoisotopic (exact) mass is 478 g/mol. The van der Waals surface area contributed by atoms with Crippen LogP contribution >= 0.6 is 0 Å². The van der Waals surface area contributed by atoms with Crippen molar-refractivity contribution < 1.29 is 14.3 Å². The van der Waals surface area contributed by atoms with Crippen LogP contribution in [0, 0.1) is 5.92 Å². The number of rotatable bonds is 21. The Morgan fingerprint density at radius 2 is 1.53 bits per heavy atom. The molecule has 0 aromatic heterocycles. The van der Waals surface area contributed by atoms with Crippen LogP contribution in [0.3, 0.4) is 0 Å². The quantitative estimate of drug-likeness (QED) is 0.128. The number of carbonyl (C=O) groups is 1. The van der Waals surface area contributed by atoms with E-state index in [1.807, 2.05) is 0 Å². The van der Waals surface area contributed by atoms with Crippen LogP contribution in [0.5, 0.6) is 0 Å². The van der Waals surface area contributed by atoms with Gasteiger partial charge in [0.1, 0.15) is 6.61 Å². The minimum Gasteiger partial charge on any atom is -0.463 e. The van der Waals surface area contributed by atoms with Crippen LogP contribution in [0.2, 0.25) is 0 Å². The van der Waals surface area contributed by atoms with E-state index in [0.717, 1.165) is 45.5 Å². The molecule has 0 radical (unpaired) electrons. The third-order valence-corrected chi connectivity index (χ3v) is 7.32. The van der Waals surface area contributed by atoms with Gasteiger partial charge in [0.2, 0.25) is 0 Å². The van der Waals surface area contributed by atoms with E-state index in [-0.39, 0.29) is 12.1 Å². The topological polar surface area (TPSA) is 42.0 Å². The van der Waals surface area contributed by atoms with Crippen LogP contribution in [0.15, 0.2) is 12.4 Å². The fraction of sp³-hybridized carbons (Fsp3) is 0.897. The molecule has 2 unspecified atom stereocenters. The molecule has 0 aliphatic carbocycles. The molecule has 2 heterocycles. The first-order valence-corrected chi connectivity index (χ1v) is 14.6. The Morgan fingerprint density at radius 1 is 0.882 bits per heavy atom. The largest absolute Gasteiger partial charge is 0.463 e. The first-order chi connectivity index (χ1) is 16.7. The number of nitrogens with zero attached hydrogens (tertiary/aromatic N) is 2. The summed E-state index contributed by atoms with van der Waals surface area (Å²) in [4.78, 5) is 16.5. The molecule has 0 N–H and O–H groups in total. The van der Waals surface area contributed by atoms with Gasteiger partial charge in [-0.3, -0.25) is 4.79 Å². The van der Waals surface area contributed by atoms with Gasteiger partial charge in [0.05, 0.1) is 19.4 Å². The molecular weight excluding hydrogens is 424 g/mol. The Kier molecular flexibility index (Phi) is 16.2. The number of hydrogen-bond donors (Lipinski definition) is 0. The van der Waals surface area contributed by atoms with Crippen molar-refractivity contribution in [3.63, 3.8) is 0 Å². The molecule has 5 nitrogen and oxygen atoms in total. The van der Waals surface area contributed by atoms with Crippen LogP contribution in [-0.2, 0) is 14.3 Å². The zero-order valence-electron chi connectivity index (χ0n) is 22.5. The van der Waals surface area contributed by atoms with Crippen LogP contribution in [-0.4, -0.2) is 55.3 Å². The summed E-state index contributed by atoms with van der Waals surface area (Å²) < 4.78 is 11.4. The van der Waals surface area contributed by atoms with Crippen LogP contribution in [0.4, 0.5) is 0 Å². The molecule has 0 saturated carbocycles. The van der Waals surface area contributed by atoms with Gasteiger partial charge in [0.25, 0.3) is 0 Å². The maximum Gasteiger partial charge on any atom is 0.305 e. The number of esters is 1. The van der Waals surface area contributed by atoms with Crippen molar-refractivity contribution in [1.29, 1.82) is 0 Å². The van der Waals surface area contributed by atoms with E-state index in [9.17, 15) is 4.79 Å². The molecular formula is C29H54N2O3. The SMILES string of the molecule is CCCCCCCCCCCCCCC1COC(COC(=O)CCCCCN2C=CN(C)C2)C1. The Labute approximate surface area is 210 Å². The number of hydrogen-bond acceptors (Lipinski definition) is 5. The van der Waals surface area contributed by atoms with Gasteiger partial charge < -0.3 is 19.3 Å². The first kappa shape index (κ1) is 29.0. The van der Waals surface area contributed by atoms with E-state index in [0.29, 0.717) is 18.9 Å². The molecule has 1 fully saturated rings. The van der Waals surface area contributed by atoms with Crippen LogP contribution in [0.25, 0.3) is 0 Å². The molecule has 5 heteroatoms. The van der Waals surface area contributed by atoms with Crippen LogP contribution in [0.1, 0.15) is 122 Å². The normalized spacial score (nSPS) is 19.9. The highest BCUT2D eigenvalue weighted by Gasteiger charge is 2.26. The van der Waals surface area contributed by atoms with Crippen molar-refractivity contribution in [3.8, 4) is 0 Å². The van der Waals surface area contributed by atoms with Gasteiger partial charge in [0.15, 0.2) is 0 Å². The highest BCUT2D eigenvalue weighted by Crippen LogP contribution is 2.25. The van der Waals surface area contributed by atoms with Gasteiger partial charge >= 0.3 is 5.97 Å². The molecule has 34 heavy (non-hydrogen) atoms. The summed E-state index contributed by atoms with van der Waals surface area (Å²) in [7, 11) is 2.09. The number of carbonyl (C=O) groups excluding carboxylic acids is 1. The van der Waals surface area contributed by atoms with E-state index >= 15 is 0 Å². The standard InChI is InChI=1S/C29H54N2O3/c1-3-4-5-6-7-8-9-10-11-12-13-15-18-27-23-28(33-24-27)25-34-29(32)19-16-14-17-20-31-22-21-30(2)26-31/h21-22,27-28H,3-20,23-26H2,1-2H3. The molecule has 0 bridgehead atoms. The molecule has 0 aromatic rings. The smallest absolute Gasteiger partial charge is 0.305 e. The molecule has 0 spiro atoms. The van der Waals surface area contributed by atoms with Crippen molar-refractivity contribution in [2.45, 2.75) is 129 Å². The Hall–Kier alpha value is -1.23. The maximum absolute atomic E-state index is 12.0. The fourth-order valence-corrected chi connectivity index (χ4v) is 5.12. The summed E-state index contributed by atoms with van der Waals surface area (Å²) in [5.74, 6) is 0.597. The van der Waals surface area contributed by atoms with E-state index in [4.69, 9.17) is 9.47 Å². The number of ether oxygens (including phenoxy) is 2. The lowest BCUT2D eigenvalue weighted by Gasteiger charge is -2.17. The molecule has 2 aliphatic heterocycles. The summed E-state index contributed by atoms with van der Waals surface area (Å²) in [6.07, 6.45) is 27.1. The molecule has 0 aromatic carbocycles. The predicted octanol–water partition coefficient (Wildman–Crippen LogP) is 7.26. The maximum atomic E-state index is 12.0. The van der Waals surface area contributed by atoms with Gasteiger partial charge in [-0.25, -0.2) is 0 Å². The zero-order chi connectivity index (χ0) is 24.3. The average Bonchev–Trinajstić information content (AvgIpc) is 3.46. The highest BCUT2D eigenvalue weighted by atomic mass is 16.6. The molecule has 2 aliphatic rings. The third kappa shape index (κ3) is 14.2. The molecule has 1 saturated heterocycles. The van der Waals surface area contributed by atoms with Crippen molar-refractivity contribution in [1.82, 2.24) is 9.80 Å². The Morgan fingerprint density at radius 3 is 2.18 bits per heavy atom. The third-order valence-electron chi connectivity index (χ3n) is 7.32. The molecule has 2 rings (SSSR count). The summed E-state index contributed by atoms with van der Waals surface area (Å²) in [6, 6.07) is 0. The van der Waals surface area contributed by atoms with Gasteiger partial charge in [-0.1, -0.05) is 90.4 Å². The first-order valence-electron chi connectivity index (χ1n) is 14.6. The van der Waals surface area contributed by atoms with Crippen molar-refractivity contribution in [3.05, 3.63) is 12.4 Å². The Bertz CT molecular complexity index is 539. The Balaban J connectivity index is 1.33. The second-order valence-corrected chi connectivity index (χ2v) is 10.7. The minimum atomic E-state index is -0.0613. The molecule has 198 valence electrons. The summed E-state index contributed by atoms with van der Waals surface area (Å²) in [6.45, 7) is 5.61. The zero-order valence-corrected chi connectivity index (χ0v) is 22.5. The average molecular weight is 479 g/mol. The van der Waals surface area contributed by atoms with E-state index < -0.39 is 0 Å². The van der Waals surface area contributed by atoms with Gasteiger partial charge in [-0.05, 0) is 31.6 Å². The fourth-order valence-electron chi connectivity index (χ4n) is 5.12. The molecule has 0 amide bonds. The van der Waals surface area contributed by atoms with Crippen molar-refractivity contribution >= 4 is 5.97 Å². The predicted molar refractivity (Wildman–Crippen MR) is 141 cm³/mol. The van der Waals surface area contributed by atoms with Crippen LogP contribution < -0.4 is 0 Å². The lowest BCUT2D eigenvalue weighted by molar-refractivity contribution is -0.147. The molecule has 2 atom stereocenters. The van der Waals surface area contributed by atoms with Gasteiger partial charge in [-0.15, -0.1) is 0 Å². The van der Waals surface area contributed by atoms with Gasteiger partial charge in [-0.2, -0.15) is 0 Å². The second kappa shape index (κ2) is 19.0. The summed E-state index contributed by atoms with van der Waals surface area (Å²) in [5, 5.41) is 0. The lowest BCUT2D eigenvalue weighted by atomic mass is 9.97. The highest BCUT2D eigenvalue weighted by molar-refractivity contribution is 5.69. The summed E-state index contributed by atoms with van der Waals surface area (Å²) >= 11 is 0. The summed E-state index contributed by atoms with van der Waals surface area (Å²) in [5.41, 5.74) is 0. The lowest BCUT2D eigenvalue weighted by Crippen LogP contribution is -2.23. The minimum absolute atomic E-state index is 0.0613. The second-order valence-electron chi connectivity index (χ2n) is 10.7. The van der Waals surface area contributed by atoms with Gasteiger partial charge in [0, 0.05) is 32.4 Å². The van der Waals surface area contributed by atoms with Crippen molar-refractivity contribution in [2.24, 2.45) is 5.92 Å². The van der Waals surface area contributed by atoms with E-state index in [1.54, 1.807) is 0 Å². The van der Waals surface area contributed by atoms with E-state index in [2.05, 4.69) is 36.2 Å².